The highest BCUT2D eigenvalue weighted by Crippen LogP contribution is 2.25. The third-order valence-corrected chi connectivity index (χ3v) is 4.66. The second-order valence-corrected chi connectivity index (χ2v) is 6.89. The van der Waals surface area contributed by atoms with Crippen molar-refractivity contribution in [1.82, 2.24) is 15.2 Å². The molecule has 0 spiro atoms. The first-order valence-electron chi connectivity index (χ1n) is 7.97. The molecular weight excluding hydrogens is 310 g/mol. The fraction of sp³-hybridized carbons (Fsp3) is 0.444. The summed E-state index contributed by atoms with van der Waals surface area (Å²) in [5.41, 5.74) is 4.27. The number of nitrogens with one attached hydrogen (secondary N) is 1. The van der Waals surface area contributed by atoms with Gasteiger partial charge in [0.15, 0.2) is 0 Å². The number of fused-ring (bicyclic) bond motifs is 1. The van der Waals surface area contributed by atoms with Gasteiger partial charge in [-0.1, -0.05) is 23.7 Å². The molecule has 1 N–H and O–H groups in total. The van der Waals surface area contributed by atoms with Crippen LogP contribution < -0.4 is 5.32 Å². The van der Waals surface area contributed by atoms with E-state index in [0.717, 1.165) is 34.9 Å². The quantitative estimate of drug-likeness (QED) is 0.856. The van der Waals surface area contributed by atoms with E-state index in [0.29, 0.717) is 24.3 Å². The minimum Gasteiger partial charge on any atom is -0.352 e. The van der Waals surface area contributed by atoms with Crippen molar-refractivity contribution in [3.63, 3.8) is 0 Å². The molecule has 3 rings (SSSR count). The summed E-state index contributed by atoms with van der Waals surface area (Å²) in [5.74, 6) is 0.0753. The molecule has 1 aliphatic carbocycles. The molecule has 0 radical (unpaired) electrons. The molecule has 0 atom stereocenters. The highest BCUT2D eigenvalue weighted by Gasteiger charge is 2.23. The number of carbonyl (C=O) groups is 1. The van der Waals surface area contributed by atoms with Crippen LogP contribution in [0.3, 0.4) is 0 Å². The zero-order valence-corrected chi connectivity index (χ0v) is 14.6. The standard InChI is InChI=1S/C18H22ClN3O/c1-11-4-5-13-8-14(18(19)21-17(13)12(11)2)9-22(3)10-16(23)20-15-6-7-15/h4-5,8,15H,6-7,9-10H2,1-3H3,(H,20,23). The van der Waals surface area contributed by atoms with E-state index >= 15 is 0 Å². The van der Waals surface area contributed by atoms with Gasteiger partial charge in [0.25, 0.3) is 0 Å². The van der Waals surface area contributed by atoms with Crippen LogP contribution in [-0.4, -0.2) is 35.4 Å². The van der Waals surface area contributed by atoms with Crippen LogP contribution in [0, 0.1) is 13.8 Å². The van der Waals surface area contributed by atoms with Crippen molar-refractivity contribution in [2.45, 2.75) is 39.3 Å². The van der Waals surface area contributed by atoms with Gasteiger partial charge in [-0.15, -0.1) is 0 Å². The van der Waals surface area contributed by atoms with E-state index < -0.39 is 0 Å². The first-order chi connectivity index (χ1) is 10.9. The number of hydrogen-bond donors (Lipinski definition) is 1. The van der Waals surface area contributed by atoms with E-state index in [1.54, 1.807) is 0 Å². The van der Waals surface area contributed by atoms with E-state index in [1.807, 2.05) is 11.9 Å². The number of hydrogen-bond acceptors (Lipinski definition) is 3. The molecule has 0 unspecified atom stereocenters. The number of likely N-dealkylation sites (N-methyl/N-ethyl adjacent to an activating group) is 1. The fourth-order valence-corrected chi connectivity index (χ4v) is 2.91. The van der Waals surface area contributed by atoms with Gasteiger partial charge in [-0.05, 0) is 50.9 Å². The summed E-state index contributed by atoms with van der Waals surface area (Å²) in [5, 5.41) is 4.60. The summed E-state index contributed by atoms with van der Waals surface area (Å²) in [4.78, 5) is 18.4. The number of benzene rings is 1. The highest BCUT2D eigenvalue weighted by atomic mass is 35.5. The normalized spacial score (nSPS) is 14.5. The molecule has 4 nitrogen and oxygen atoms in total. The minimum absolute atomic E-state index is 0.0753. The number of amides is 1. The Bertz CT molecular complexity index is 756. The lowest BCUT2D eigenvalue weighted by Gasteiger charge is -2.17. The minimum atomic E-state index is 0.0753. The Morgan fingerprint density at radius 1 is 1.39 bits per heavy atom. The Morgan fingerprint density at radius 2 is 2.13 bits per heavy atom. The van der Waals surface area contributed by atoms with Gasteiger partial charge < -0.3 is 5.32 Å². The average molecular weight is 332 g/mol. The maximum absolute atomic E-state index is 11.9. The van der Waals surface area contributed by atoms with Crippen molar-refractivity contribution in [1.29, 1.82) is 0 Å². The molecule has 1 amide bonds. The molecule has 122 valence electrons. The van der Waals surface area contributed by atoms with Crippen molar-refractivity contribution in [3.05, 3.63) is 40.0 Å². The number of aryl methyl sites for hydroxylation is 2. The van der Waals surface area contributed by atoms with Crippen LogP contribution in [0.25, 0.3) is 10.9 Å². The molecular formula is C18H22ClN3O. The predicted octanol–water partition coefficient (Wildman–Crippen LogP) is 3.22. The predicted molar refractivity (Wildman–Crippen MR) is 93.7 cm³/mol. The largest absolute Gasteiger partial charge is 0.352 e. The molecule has 1 aliphatic rings. The van der Waals surface area contributed by atoms with Crippen molar-refractivity contribution < 1.29 is 4.79 Å². The van der Waals surface area contributed by atoms with E-state index in [2.05, 4.69) is 42.3 Å². The Morgan fingerprint density at radius 3 is 2.83 bits per heavy atom. The number of halogens is 1. The summed E-state index contributed by atoms with van der Waals surface area (Å²) in [7, 11) is 1.92. The third-order valence-electron chi connectivity index (χ3n) is 4.33. The van der Waals surface area contributed by atoms with Gasteiger partial charge in [0.2, 0.25) is 5.91 Å². The third kappa shape index (κ3) is 3.82. The van der Waals surface area contributed by atoms with E-state index in [1.165, 1.54) is 5.56 Å². The lowest BCUT2D eigenvalue weighted by Crippen LogP contribution is -2.36. The Kier molecular flexibility index (Phi) is 4.55. The molecule has 2 aromatic rings. The van der Waals surface area contributed by atoms with E-state index in [9.17, 15) is 4.79 Å². The average Bonchev–Trinajstić information content (AvgIpc) is 3.28. The molecule has 0 aliphatic heterocycles. The number of nitrogens with zero attached hydrogens (tertiary/aromatic N) is 2. The molecule has 1 aromatic heterocycles. The summed E-state index contributed by atoms with van der Waals surface area (Å²) in [6.07, 6.45) is 2.21. The maximum Gasteiger partial charge on any atom is 0.234 e. The van der Waals surface area contributed by atoms with Crippen LogP contribution in [-0.2, 0) is 11.3 Å². The highest BCUT2D eigenvalue weighted by molar-refractivity contribution is 6.30. The molecule has 1 heterocycles. The van der Waals surface area contributed by atoms with Crippen LogP contribution in [0.1, 0.15) is 29.5 Å². The summed E-state index contributed by atoms with van der Waals surface area (Å²) >= 11 is 6.36. The molecule has 1 fully saturated rings. The van der Waals surface area contributed by atoms with Crippen LogP contribution in [0.4, 0.5) is 0 Å². The van der Waals surface area contributed by atoms with Crippen molar-refractivity contribution >= 4 is 28.4 Å². The monoisotopic (exact) mass is 331 g/mol. The number of aromatic nitrogens is 1. The first-order valence-corrected chi connectivity index (χ1v) is 8.35. The zero-order chi connectivity index (χ0) is 16.6. The fourth-order valence-electron chi connectivity index (χ4n) is 2.71. The van der Waals surface area contributed by atoms with Crippen LogP contribution in [0.15, 0.2) is 18.2 Å². The lowest BCUT2D eigenvalue weighted by atomic mass is 10.0. The maximum atomic E-state index is 11.9. The van der Waals surface area contributed by atoms with Gasteiger partial charge >= 0.3 is 0 Å². The number of pyridine rings is 1. The van der Waals surface area contributed by atoms with Crippen molar-refractivity contribution in [3.8, 4) is 0 Å². The summed E-state index contributed by atoms with van der Waals surface area (Å²) in [6.45, 7) is 5.12. The second kappa shape index (κ2) is 6.46. The van der Waals surface area contributed by atoms with Crippen molar-refractivity contribution in [2.75, 3.05) is 13.6 Å². The van der Waals surface area contributed by atoms with Gasteiger partial charge in [-0.2, -0.15) is 0 Å². The lowest BCUT2D eigenvalue weighted by molar-refractivity contribution is -0.122. The molecule has 5 heteroatoms. The summed E-state index contributed by atoms with van der Waals surface area (Å²) in [6, 6.07) is 6.65. The molecule has 0 bridgehead atoms. The second-order valence-electron chi connectivity index (χ2n) is 6.53. The topological polar surface area (TPSA) is 45.2 Å². The van der Waals surface area contributed by atoms with Gasteiger partial charge in [-0.3, -0.25) is 9.69 Å². The van der Waals surface area contributed by atoms with E-state index in [4.69, 9.17) is 11.6 Å². The van der Waals surface area contributed by atoms with Crippen LogP contribution >= 0.6 is 11.6 Å². The Labute approximate surface area is 141 Å². The SMILES string of the molecule is Cc1ccc2cc(CN(C)CC(=O)NC3CC3)c(Cl)nc2c1C. The van der Waals surface area contributed by atoms with Gasteiger partial charge in [0.1, 0.15) is 5.15 Å². The van der Waals surface area contributed by atoms with Crippen LogP contribution in [0.2, 0.25) is 5.15 Å². The molecule has 1 saturated carbocycles. The Hall–Kier alpha value is -1.65. The molecule has 1 aromatic carbocycles. The van der Waals surface area contributed by atoms with E-state index in [-0.39, 0.29) is 5.91 Å². The zero-order valence-electron chi connectivity index (χ0n) is 13.8. The number of rotatable bonds is 5. The van der Waals surface area contributed by atoms with Crippen LogP contribution in [0.5, 0.6) is 0 Å². The molecule has 23 heavy (non-hydrogen) atoms. The summed E-state index contributed by atoms with van der Waals surface area (Å²) < 4.78 is 0. The van der Waals surface area contributed by atoms with Crippen molar-refractivity contribution in [2.24, 2.45) is 0 Å². The molecule has 0 saturated heterocycles. The Balaban J connectivity index is 1.75. The smallest absolute Gasteiger partial charge is 0.234 e. The first kappa shape index (κ1) is 16.2. The number of carbonyl (C=O) groups excluding carboxylic acids is 1. The van der Waals surface area contributed by atoms with Gasteiger partial charge in [0.05, 0.1) is 12.1 Å². The van der Waals surface area contributed by atoms with Gasteiger partial charge in [-0.25, -0.2) is 4.98 Å². The van der Waals surface area contributed by atoms with Gasteiger partial charge in [0, 0.05) is 23.5 Å².